The number of rotatable bonds is 7. The Morgan fingerprint density at radius 1 is 0.852 bits per heavy atom. The summed E-state index contributed by atoms with van der Waals surface area (Å²) in [6.07, 6.45) is -1.53. The van der Waals surface area contributed by atoms with E-state index in [1.807, 2.05) is 91.0 Å². The third-order valence-corrected chi connectivity index (χ3v) is 4.52. The molecule has 3 rings (SSSR count). The van der Waals surface area contributed by atoms with Crippen LogP contribution < -0.4 is 0 Å². The highest BCUT2D eigenvalue weighted by molar-refractivity contribution is 5.77. The fraction of sp³-hybridized carbons (Fsp3) is 0.174. The van der Waals surface area contributed by atoms with Crippen LogP contribution in [0.2, 0.25) is 0 Å². The fourth-order valence-electron chi connectivity index (χ4n) is 3.15. The Labute approximate surface area is 159 Å². The van der Waals surface area contributed by atoms with E-state index in [2.05, 4.69) is 0 Å². The van der Waals surface area contributed by atoms with Gasteiger partial charge in [-0.25, -0.2) is 4.79 Å². The normalized spacial score (nSPS) is 12.4. The van der Waals surface area contributed by atoms with Crippen molar-refractivity contribution in [1.82, 2.24) is 0 Å². The van der Waals surface area contributed by atoms with Crippen molar-refractivity contribution in [1.29, 1.82) is 0 Å². The van der Waals surface area contributed by atoms with Gasteiger partial charge in [-0.1, -0.05) is 91.0 Å². The van der Waals surface area contributed by atoms with Gasteiger partial charge in [-0.05, 0) is 16.7 Å². The minimum absolute atomic E-state index is 0.221. The number of hydrogen-bond acceptors (Lipinski definition) is 4. The van der Waals surface area contributed by atoms with Crippen LogP contribution in [0.3, 0.4) is 0 Å². The molecule has 0 radical (unpaired) electrons. The van der Waals surface area contributed by atoms with E-state index >= 15 is 0 Å². The van der Waals surface area contributed by atoms with Gasteiger partial charge in [0.15, 0.2) is 11.7 Å². The minimum Gasteiger partial charge on any atom is -0.467 e. The van der Waals surface area contributed by atoms with Gasteiger partial charge in [0.25, 0.3) is 0 Å². The summed E-state index contributed by atoms with van der Waals surface area (Å²) in [6.45, 7) is 0.221. The second kappa shape index (κ2) is 8.62. The van der Waals surface area contributed by atoms with E-state index in [4.69, 9.17) is 9.47 Å². The molecule has 3 aromatic carbocycles. The van der Waals surface area contributed by atoms with Gasteiger partial charge in [0.1, 0.15) is 0 Å². The van der Waals surface area contributed by atoms with Crippen molar-refractivity contribution in [3.8, 4) is 0 Å². The molecule has 3 aromatic rings. The predicted molar refractivity (Wildman–Crippen MR) is 103 cm³/mol. The summed E-state index contributed by atoms with van der Waals surface area (Å²) in [5.74, 6) is -0.754. The first-order valence-electron chi connectivity index (χ1n) is 8.73. The molecule has 4 heteroatoms. The van der Waals surface area contributed by atoms with Crippen LogP contribution in [0.4, 0.5) is 0 Å². The minimum atomic E-state index is -1.53. The summed E-state index contributed by atoms with van der Waals surface area (Å²) in [5, 5.41) is 11.0. The summed E-state index contributed by atoms with van der Waals surface area (Å²) in [5.41, 5.74) is 0.881. The molecule has 0 aromatic heterocycles. The Bertz CT molecular complexity index is 808. The zero-order chi connectivity index (χ0) is 19.1. The van der Waals surface area contributed by atoms with E-state index in [9.17, 15) is 9.90 Å². The molecule has 0 aliphatic heterocycles. The molecule has 0 bridgehead atoms. The number of aliphatic hydroxyl groups is 1. The van der Waals surface area contributed by atoms with E-state index < -0.39 is 17.7 Å². The molecule has 0 spiro atoms. The first-order valence-corrected chi connectivity index (χ1v) is 8.73. The lowest BCUT2D eigenvalue weighted by Gasteiger charge is -2.37. The van der Waals surface area contributed by atoms with E-state index in [1.165, 1.54) is 7.11 Å². The van der Waals surface area contributed by atoms with E-state index in [0.717, 1.165) is 5.56 Å². The van der Waals surface area contributed by atoms with Crippen LogP contribution in [0.15, 0.2) is 91.0 Å². The van der Waals surface area contributed by atoms with E-state index in [0.29, 0.717) is 11.1 Å². The average molecular weight is 362 g/mol. The largest absolute Gasteiger partial charge is 0.467 e. The first kappa shape index (κ1) is 18.8. The van der Waals surface area contributed by atoms with Crippen molar-refractivity contribution in [2.24, 2.45) is 0 Å². The van der Waals surface area contributed by atoms with Crippen LogP contribution in [0.25, 0.3) is 0 Å². The molecule has 0 aliphatic rings. The zero-order valence-corrected chi connectivity index (χ0v) is 15.1. The maximum absolute atomic E-state index is 12.4. The molecule has 1 unspecified atom stereocenters. The third-order valence-electron chi connectivity index (χ3n) is 4.52. The number of aliphatic hydroxyl groups excluding tert-OH is 1. The average Bonchev–Trinajstić information content (AvgIpc) is 2.75. The Morgan fingerprint density at radius 2 is 1.30 bits per heavy atom. The highest BCUT2D eigenvalue weighted by Gasteiger charge is 2.47. The maximum Gasteiger partial charge on any atom is 0.338 e. The van der Waals surface area contributed by atoms with Crippen molar-refractivity contribution < 1.29 is 19.4 Å². The molecule has 0 amide bonds. The number of esters is 1. The lowest BCUT2D eigenvalue weighted by molar-refractivity contribution is -0.172. The first-order chi connectivity index (χ1) is 13.2. The smallest absolute Gasteiger partial charge is 0.338 e. The topological polar surface area (TPSA) is 55.8 Å². The summed E-state index contributed by atoms with van der Waals surface area (Å²) < 4.78 is 11.2. The fourth-order valence-corrected chi connectivity index (χ4v) is 3.15. The Kier molecular flexibility index (Phi) is 6.01. The number of carbonyl (C=O) groups is 1. The summed E-state index contributed by atoms with van der Waals surface area (Å²) in [4.78, 5) is 12.4. The summed E-state index contributed by atoms with van der Waals surface area (Å²) >= 11 is 0. The molecule has 1 N–H and O–H groups in total. The predicted octanol–water partition coefficient (Wildman–Crippen LogP) is 3.68. The van der Waals surface area contributed by atoms with Gasteiger partial charge in [0.2, 0.25) is 0 Å². The van der Waals surface area contributed by atoms with Crippen LogP contribution in [0.1, 0.15) is 16.7 Å². The highest BCUT2D eigenvalue weighted by Crippen LogP contribution is 2.38. The van der Waals surface area contributed by atoms with Gasteiger partial charge in [-0.2, -0.15) is 0 Å². The van der Waals surface area contributed by atoms with Crippen LogP contribution in [-0.4, -0.2) is 24.3 Å². The van der Waals surface area contributed by atoms with Gasteiger partial charge in [0, 0.05) is 0 Å². The van der Waals surface area contributed by atoms with Crippen LogP contribution in [0, 0.1) is 0 Å². The maximum atomic E-state index is 12.4. The number of ether oxygens (including phenoxy) is 2. The quantitative estimate of drug-likeness (QED) is 0.652. The molecule has 4 nitrogen and oxygen atoms in total. The summed E-state index contributed by atoms with van der Waals surface area (Å²) in [6, 6.07) is 28.1. The van der Waals surface area contributed by atoms with E-state index in [-0.39, 0.29) is 6.61 Å². The number of hydrogen-bond donors (Lipinski definition) is 1. The van der Waals surface area contributed by atoms with Crippen LogP contribution in [-0.2, 0) is 26.5 Å². The van der Waals surface area contributed by atoms with Crippen molar-refractivity contribution in [3.63, 3.8) is 0 Å². The second-order valence-electron chi connectivity index (χ2n) is 6.17. The number of methoxy groups -OCH3 is 1. The van der Waals surface area contributed by atoms with Gasteiger partial charge in [-0.15, -0.1) is 0 Å². The second-order valence-corrected chi connectivity index (χ2v) is 6.17. The van der Waals surface area contributed by atoms with Gasteiger partial charge >= 0.3 is 5.97 Å². The Hall–Kier alpha value is -2.95. The molecule has 0 aliphatic carbocycles. The molecule has 27 heavy (non-hydrogen) atoms. The van der Waals surface area contributed by atoms with Crippen molar-refractivity contribution >= 4 is 5.97 Å². The molecular formula is C23H22O4. The van der Waals surface area contributed by atoms with Gasteiger partial charge in [0.05, 0.1) is 13.7 Å². The third kappa shape index (κ3) is 3.92. The van der Waals surface area contributed by atoms with Crippen molar-refractivity contribution in [2.75, 3.05) is 7.11 Å². The molecule has 138 valence electrons. The molecule has 0 saturated heterocycles. The van der Waals surface area contributed by atoms with Crippen molar-refractivity contribution in [3.05, 3.63) is 108 Å². The number of carbonyl (C=O) groups excluding carboxylic acids is 1. The lowest BCUT2D eigenvalue weighted by Crippen LogP contribution is -2.48. The molecule has 1 atom stereocenters. The monoisotopic (exact) mass is 362 g/mol. The molecule has 0 heterocycles. The molecular weight excluding hydrogens is 340 g/mol. The highest BCUT2D eigenvalue weighted by atomic mass is 16.6. The SMILES string of the molecule is COC(=O)C(O)C(OCc1ccccc1)(c1ccccc1)c1ccccc1. The van der Waals surface area contributed by atoms with Crippen LogP contribution >= 0.6 is 0 Å². The van der Waals surface area contributed by atoms with Crippen molar-refractivity contribution in [2.45, 2.75) is 18.3 Å². The van der Waals surface area contributed by atoms with Gasteiger partial charge < -0.3 is 14.6 Å². The molecule has 0 fully saturated rings. The Morgan fingerprint density at radius 3 is 1.74 bits per heavy atom. The van der Waals surface area contributed by atoms with Crippen LogP contribution in [0.5, 0.6) is 0 Å². The lowest BCUT2D eigenvalue weighted by atomic mass is 9.81. The Balaban J connectivity index is 2.13. The number of benzene rings is 3. The standard InChI is InChI=1S/C23H22O4/c1-26-22(25)21(24)23(19-13-7-3-8-14-19,20-15-9-4-10-16-20)27-17-18-11-5-2-6-12-18/h2-16,21,24H,17H2,1H3. The zero-order valence-electron chi connectivity index (χ0n) is 15.1. The van der Waals surface area contributed by atoms with E-state index in [1.54, 1.807) is 0 Å². The summed E-state index contributed by atoms with van der Waals surface area (Å²) in [7, 11) is 1.25. The van der Waals surface area contributed by atoms with Gasteiger partial charge in [-0.3, -0.25) is 0 Å². The molecule has 0 saturated carbocycles.